The molecule has 8 heteroatoms. The summed E-state index contributed by atoms with van der Waals surface area (Å²) in [6, 6.07) is 11.3. The maximum absolute atomic E-state index is 12.2. The van der Waals surface area contributed by atoms with Crippen molar-refractivity contribution in [2.24, 2.45) is 5.73 Å². The quantitative estimate of drug-likeness (QED) is 0.483. The van der Waals surface area contributed by atoms with Crippen molar-refractivity contribution in [1.82, 2.24) is 0 Å². The first kappa shape index (κ1) is 22.5. The molecule has 0 aromatic heterocycles. The molecule has 2 rings (SSSR count). The number of methoxy groups -OCH3 is 1. The molecule has 8 nitrogen and oxygen atoms in total. The van der Waals surface area contributed by atoms with Gasteiger partial charge in [-0.25, -0.2) is 4.79 Å². The van der Waals surface area contributed by atoms with Crippen LogP contribution in [0, 0.1) is 0 Å². The van der Waals surface area contributed by atoms with Crippen molar-refractivity contribution in [3.05, 3.63) is 59.7 Å². The van der Waals surface area contributed by atoms with Gasteiger partial charge >= 0.3 is 5.97 Å². The van der Waals surface area contributed by atoms with E-state index in [9.17, 15) is 14.4 Å². The lowest BCUT2D eigenvalue weighted by Gasteiger charge is -2.12. The largest absolute Gasteiger partial charge is 0.493 e. The molecule has 2 aromatic carbocycles. The second kappa shape index (κ2) is 10.7. The standard InChI is InChI=1S/C22H24N2O6/c1-4-29-18-11-5-15(13-19(18)28-3)6-12-20(25)30-14(2)22(27)24-17-9-7-16(8-10-17)21(23)26/h5-14H,4H2,1-3H3,(H2,23,26)(H,24,27)/b12-6+/t14-/m1/s1. The molecule has 0 aliphatic carbocycles. The van der Waals surface area contributed by atoms with Crippen molar-refractivity contribution in [3.8, 4) is 11.5 Å². The first-order valence-electron chi connectivity index (χ1n) is 9.24. The van der Waals surface area contributed by atoms with Crippen LogP contribution >= 0.6 is 0 Å². The summed E-state index contributed by atoms with van der Waals surface area (Å²) in [5, 5.41) is 2.60. The third-order valence-electron chi connectivity index (χ3n) is 4.00. The monoisotopic (exact) mass is 412 g/mol. The third kappa shape index (κ3) is 6.37. The minimum Gasteiger partial charge on any atom is -0.493 e. The zero-order chi connectivity index (χ0) is 22.1. The van der Waals surface area contributed by atoms with Crippen LogP contribution in [-0.4, -0.2) is 37.6 Å². The van der Waals surface area contributed by atoms with E-state index in [0.29, 0.717) is 34.9 Å². The van der Waals surface area contributed by atoms with Gasteiger partial charge in [0.1, 0.15) is 0 Å². The maximum atomic E-state index is 12.2. The van der Waals surface area contributed by atoms with Gasteiger partial charge < -0.3 is 25.3 Å². The third-order valence-corrected chi connectivity index (χ3v) is 4.00. The topological polar surface area (TPSA) is 117 Å². The molecule has 0 saturated heterocycles. The number of benzene rings is 2. The summed E-state index contributed by atoms with van der Waals surface area (Å²) in [6.45, 7) is 3.84. The number of nitrogens with one attached hydrogen (secondary N) is 1. The van der Waals surface area contributed by atoms with E-state index < -0.39 is 23.9 Å². The summed E-state index contributed by atoms with van der Waals surface area (Å²) in [5.41, 5.74) is 6.65. The minimum atomic E-state index is -1.02. The molecule has 0 aliphatic rings. The van der Waals surface area contributed by atoms with Gasteiger partial charge in [0.05, 0.1) is 13.7 Å². The Morgan fingerprint density at radius 2 is 1.80 bits per heavy atom. The van der Waals surface area contributed by atoms with Crippen LogP contribution in [0.3, 0.4) is 0 Å². The fourth-order valence-electron chi connectivity index (χ4n) is 2.46. The van der Waals surface area contributed by atoms with E-state index >= 15 is 0 Å². The number of esters is 1. The van der Waals surface area contributed by atoms with Crippen molar-refractivity contribution in [3.63, 3.8) is 0 Å². The number of carbonyl (C=O) groups excluding carboxylic acids is 3. The van der Waals surface area contributed by atoms with Gasteiger partial charge in [0.2, 0.25) is 5.91 Å². The number of hydrogen-bond acceptors (Lipinski definition) is 6. The van der Waals surface area contributed by atoms with Gasteiger partial charge in [0, 0.05) is 17.3 Å². The predicted octanol–water partition coefficient (Wildman–Crippen LogP) is 2.78. The Morgan fingerprint density at radius 3 is 2.40 bits per heavy atom. The molecule has 2 amide bonds. The second-order valence-corrected chi connectivity index (χ2v) is 6.19. The molecule has 0 unspecified atom stereocenters. The number of ether oxygens (including phenoxy) is 3. The molecule has 0 fully saturated rings. The summed E-state index contributed by atoms with van der Waals surface area (Å²) in [5.74, 6) is -0.593. The van der Waals surface area contributed by atoms with Crippen LogP contribution in [-0.2, 0) is 14.3 Å². The zero-order valence-electron chi connectivity index (χ0n) is 17.0. The lowest BCUT2D eigenvalue weighted by Crippen LogP contribution is -2.29. The summed E-state index contributed by atoms with van der Waals surface area (Å²) in [6.07, 6.45) is 1.75. The zero-order valence-corrected chi connectivity index (χ0v) is 17.0. The van der Waals surface area contributed by atoms with Crippen LogP contribution in [0.5, 0.6) is 11.5 Å². The van der Waals surface area contributed by atoms with E-state index in [4.69, 9.17) is 19.9 Å². The Kier molecular flexibility index (Phi) is 7.99. The van der Waals surface area contributed by atoms with Crippen molar-refractivity contribution in [2.45, 2.75) is 20.0 Å². The highest BCUT2D eigenvalue weighted by Gasteiger charge is 2.17. The molecule has 1 atom stereocenters. The van der Waals surface area contributed by atoms with Gasteiger partial charge in [-0.05, 0) is 61.9 Å². The maximum Gasteiger partial charge on any atom is 0.331 e. The Morgan fingerprint density at radius 1 is 1.10 bits per heavy atom. The fraction of sp³-hybridized carbons (Fsp3) is 0.227. The first-order chi connectivity index (χ1) is 14.3. The van der Waals surface area contributed by atoms with Gasteiger partial charge in [0.15, 0.2) is 17.6 Å². The molecule has 0 saturated carbocycles. The Balaban J connectivity index is 1.93. The molecular formula is C22H24N2O6. The second-order valence-electron chi connectivity index (χ2n) is 6.19. The Bertz CT molecular complexity index is 937. The van der Waals surface area contributed by atoms with Crippen LogP contribution < -0.4 is 20.5 Å². The predicted molar refractivity (Wildman–Crippen MR) is 112 cm³/mol. The van der Waals surface area contributed by atoms with Crippen LogP contribution in [0.4, 0.5) is 5.69 Å². The molecule has 3 N–H and O–H groups in total. The molecule has 0 spiro atoms. The molecule has 0 bridgehead atoms. The molecule has 0 radical (unpaired) electrons. The van der Waals surface area contributed by atoms with E-state index in [1.807, 2.05) is 6.92 Å². The molecular weight excluding hydrogens is 388 g/mol. The SMILES string of the molecule is CCOc1ccc(/C=C/C(=O)O[C@H](C)C(=O)Nc2ccc(C(N)=O)cc2)cc1OC. The number of primary amides is 1. The lowest BCUT2D eigenvalue weighted by atomic mass is 10.2. The summed E-state index contributed by atoms with van der Waals surface area (Å²) < 4.78 is 15.8. The number of carbonyl (C=O) groups is 3. The van der Waals surface area contributed by atoms with E-state index in [1.54, 1.807) is 24.3 Å². The van der Waals surface area contributed by atoms with E-state index in [2.05, 4.69) is 5.32 Å². The average Bonchev–Trinajstić information content (AvgIpc) is 2.73. The fourth-order valence-corrected chi connectivity index (χ4v) is 2.46. The van der Waals surface area contributed by atoms with Crippen LogP contribution in [0.25, 0.3) is 6.08 Å². The van der Waals surface area contributed by atoms with Crippen LogP contribution in [0.15, 0.2) is 48.5 Å². The summed E-state index contributed by atoms with van der Waals surface area (Å²) in [4.78, 5) is 35.3. The first-order valence-corrected chi connectivity index (χ1v) is 9.24. The van der Waals surface area contributed by atoms with Crippen molar-refractivity contribution >= 4 is 29.5 Å². The molecule has 158 valence electrons. The van der Waals surface area contributed by atoms with Crippen molar-refractivity contribution in [2.75, 3.05) is 19.0 Å². The van der Waals surface area contributed by atoms with Crippen molar-refractivity contribution < 1.29 is 28.6 Å². The Hall–Kier alpha value is -3.81. The molecule has 30 heavy (non-hydrogen) atoms. The van der Waals surface area contributed by atoms with Crippen LogP contribution in [0.2, 0.25) is 0 Å². The Labute approximate surface area is 174 Å². The van der Waals surface area contributed by atoms with Gasteiger partial charge in [-0.3, -0.25) is 9.59 Å². The van der Waals surface area contributed by atoms with Gasteiger partial charge in [-0.1, -0.05) is 6.07 Å². The molecule has 0 aliphatic heterocycles. The van der Waals surface area contributed by atoms with E-state index in [-0.39, 0.29) is 0 Å². The highest BCUT2D eigenvalue weighted by atomic mass is 16.5. The number of nitrogens with two attached hydrogens (primary N) is 1. The average molecular weight is 412 g/mol. The van der Waals surface area contributed by atoms with E-state index in [0.717, 1.165) is 0 Å². The number of hydrogen-bond donors (Lipinski definition) is 2. The van der Waals surface area contributed by atoms with Crippen LogP contribution in [0.1, 0.15) is 29.8 Å². The van der Waals surface area contributed by atoms with E-state index in [1.165, 1.54) is 44.4 Å². The van der Waals surface area contributed by atoms with Gasteiger partial charge in [-0.15, -0.1) is 0 Å². The normalized spacial score (nSPS) is 11.6. The van der Waals surface area contributed by atoms with Crippen molar-refractivity contribution in [1.29, 1.82) is 0 Å². The molecule has 2 aromatic rings. The summed E-state index contributed by atoms with van der Waals surface area (Å²) in [7, 11) is 1.53. The minimum absolute atomic E-state index is 0.323. The smallest absolute Gasteiger partial charge is 0.331 e. The number of anilines is 1. The number of rotatable bonds is 9. The summed E-state index contributed by atoms with van der Waals surface area (Å²) >= 11 is 0. The van der Waals surface area contributed by atoms with Gasteiger partial charge in [-0.2, -0.15) is 0 Å². The number of amides is 2. The highest BCUT2D eigenvalue weighted by Crippen LogP contribution is 2.28. The lowest BCUT2D eigenvalue weighted by molar-refractivity contribution is -0.148. The highest BCUT2D eigenvalue weighted by molar-refractivity contribution is 5.97. The van der Waals surface area contributed by atoms with Gasteiger partial charge in [0.25, 0.3) is 5.91 Å². The molecule has 0 heterocycles.